The zero-order valence-corrected chi connectivity index (χ0v) is 20.8. The van der Waals surface area contributed by atoms with E-state index in [0.29, 0.717) is 18.8 Å². The normalized spacial score (nSPS) is 21.3. The van der Waals surface area contributed by atoms with Crippen LogP contribution in [0.1, 0.15) is 67.9 Å². The predicted molar refractivity (Wildman–Crippen MR) is 137 cm³/mol. The number of rotatable bonds is 5. The van der Waals surface area contributed by atoms with Crippen molar-refractivity contribution < 1.29 is 14.3 Å². The van der Waals surface area contributed by atoms with Gasteiger partial charge in [-0.3, -0.25) is 9.59 Å². The van der Waals surface area contributed by atoms with Gasteiger partial charge in [-0.25, -0.2) is 0 Å². The van der Waals surface area contributed by atoms with Crippen molar-refractivity contribution in [1.29, 1.82) is 0 Å². The zero-order valence-electron chi connectivity index (χ0n) is 20.8. The molecule has 0 radical (unpaired) electrons. The number of methoxy groups -OCH3 is 1. The van der Waals surface area contributed by atoms with Crippen LogP contribution in [0.15, 0.2) is 54.6 Å². The standard InChI is InChI=1S/C29H35N3O3/c1-29(28(34)30-23-11-6-4-3-5-7-12-23)20-31-25-13-9-8-10-22(25)18-26(31)27(33)32(29)19-21-14-16-24(35-2)17-15-21/h8-10,13-18,23H,3-7,11-12,19-20H2,1-2H3,(H,30,34). The highest BCUT2D eigenvalue weighted by atomic mass is 16.5. The Labute approximate surface area is 207 Å². The molecule has 6 nitrogen and oxygen atoms in total. The molecule has 2 heterocycles. The number of carbonyl (C=O) groups excluding carboxylic acids is 2. The van der Waals surface area contributed by atoms with Gasteiger partial charge in [0.1, 0.15) is 17.0 Å². The SMILES string of the molecule is COc1ccc(CN2C(=O)c3cc4ccccc4n3CC2(C)C(=O)NC2CCCCCCC2)cc1. The Kier molecular flexibility index (Phi) is 6.54. The van der Waals surface area contributed by atoms with Crippen LogP contribution >= 0.6 is 0 Å². The van der Waals surface area contributed by atoms with Crippen molar-refractivity contribution in [1.82, 2.24) is 14.8 Å². The van der Waals surface area contributed by atoms with E-state index < -0.39 is 5.54 Å². The van der Waals surface area contributed by atoms with E-state index in [2.05, 4.69) is 5.32 Å². The van der Waals surface area contributed by atoms with Gasteiger partial charge in [0.05, 0.1) is 13.7 Å². The van der Waals surface area contributed by atoms with Crippen LogP contribution in [0.25, 0.3) is 10.9 Å². The van der Waals surface area contributed by atoms with Gasteiger partial charge in [-0.2, -0.15) is 0 Å². The highest BCUT2D eigenvalue weighted by molar-refractivity contribution is 6.03. The number of aromatic nitrogens is 1. The molecular weight excluding hydrogens is 438 g/mol. The molecule has 1 aliphatic carbocycles. The van der Waals surface area contributed by atoms with Gasteiger partial charge in [-0.1, -0.05) is 62.4 Å². The first-order valence-electron chi connectivity index (χ1n) is 12.8. The van der Waals surface area contributed by atoms with Crippen LogP contribution in [0.4, 0.5) is 0 Å². The fourth-order valence-electron chi connectivity index (χ4n) is 5.61. The first kappa shape index (κ1) is 23.5. The van der Waals surface area contributed by atoms with E-state index in [4.69, 9.17) is 4.74 Å². The minimum Gasteiger partial charge on any atom is -0.497 e. The first-order chi connectivity index (χ1) is 17.0. The van der Waals surface area contributed by atoms with Gasteiger partial charge in [0.25, 0.3) is 5.91 Å². The Morgan fingerprint density at radius 2 is 1.71 bits per heavy atom. The van der Waals surface area contributed by atoms with Crippen molar-refractivity contribution in [2.75, 3.05) is 7.11 Å². The van der Waals surface area contributed by atoms with E-state index in [0.717, 1.165) is 47.9 Å². The van der Waals surface area contributed by atoms with E-state index in [1.165, 1.54) is 19.3 Å². The Morgan fingerprint density at radius 3 is 2.43 bits per heavy atom. The van der Waals surface area contributed by atoms with E-state index in [1.807, 2.05) is 66.1 Å². The molecule has 5 rings (SSSR count). The maximum atomic E-state index is 14.0. The summed E-state index contributed by atoms with van der Waals surface area (Å²) >= 11 is 0. The van der Waals surface area contributed by atoms with Crippen LogP contribution in [-0.4, -0.2) is 40.0 Å². The van der Waals surface area contributed by atoms with Crippen LogP contribution in [-0.2, 0) is 17.9 Å². The van der Waals surface area contributed by atoms with Crippen LogP contribution in [0.5, 0.6) is 5.75 Å². The molecule has 1 saturated carbocycles. The quantitative estimate of drug-likeness (QED) is 0.547. The van der Waals surface area contributed by atoms with Crippen molar-refractivity contribution in [3.63, 3.8) is 0 Å². The maximum Gasteiger partial charge on any atom is 0.271 e. The van der Waals surface area contributed by atoms with Crippen molar-refractivity contribution in [2.24, 2.45) is 0 Å². The van der Waals surface area contributed by atoms with Crippen molar-refractivity contribution in [3.05, 3.63) is 65.9 Å². The third-order valence-corrected chi connectivity index (χ3v) is 7.77. The van der Waals surface area contributed by atoms with E-state index >= 15 is 0 Å². The number of benzene rings is 2. The number of hydrogen-bond donors (Lipinski definition) is 1. The van der Waals surface area contributed by atoms with Crippen LogP contribution < -0.4 is 10.1 Å². The fourth-order valence-corrected chi connectivity index (χ4v) is 5.61. The van der Waals surface area contributed by atoms with Crippen LogP contribution in [0.3, 0.4) is 0 Å². The molecule has 184 valence electrons. The summed E-state index contributed by atoms with van der Waals surface area (Å²) in [6.07, 6.45) is 8.03. The van der Waals surface area contributed by atoms with Crippen molar-refractivity contribution in [3.8, 4) is 5.75 Å². The molecule has 1 aliphatic heterocycles. The van der Waals surface area contributed by atoms with Gasteiger partial charge >= 0.3 is 0 Å². The lowest BCUT2D eigenvalue weighted by atomic mass is 9.91. The highest BCUT2D eigenvalue weighted by Gasteiger charge is 2.48. The Hall–Kier alpha value is -3.28. The molecule has 1 fully saturated rings. The molecule has 0 spiro atoms. The monoisotopic (exact) mass is 473 g/mol. The molecule has 35 heavy (non-hydrogen) atoms. The molecule has 3 aromatic rings. The lowest BCUT2D eigenvalue weighted by Crippen LogP contribution is -2.64. The second-order valence-electron chi connectivity index (χ2n) is 10.2. The Morgan fingerprint density at radius 1 is 1.03 bits per heavy atom. The number of amides is 2. The summed E-state index contributed by atoms with van der Waals surface area (Å²) in [5.41, 5.74) is 1.59. The van der Waals surface area contributed by atoms with Gasteiger partial charge in [0.2, 0.25) is 5.91 Å². The van der Waals surface area contributed by atoms with Crippen LogP contribution in [0, 0.1) is 0 Å². The summed E-state index contributed by atoms with van der Waals surface area (Å²) in [5, 5.41) is 4.37. The second kappa shape index (κ2) is 9.76. The average molecular weight is 474 g/mol. The fraction of sp³-hybridized carbons (Fsp3) is 0.448. The van der Waals surface area contributed by atoms with Gasteiger partial charge < -0.3 is 19.5 Å². The third kappa shape index (κ3) is 4.54. The average Bonchev–Trinajstić information content (AvgIpc) is 3.22. The maximum absolute atomic E-state index is 14.0. The Bertz CT molecular complexity index is 1210. The molecule has 2 aromatic carbocycles. The molecule has 0 saturated heterocycles. The van der Waals surface area contributed by atoms with Gasteiger partial charge in [0, 0.05) is 23.5 Å². The number of hydrogen-bond acceptors (Lipinski definition) is 3. The Balaban J connectivity index is 1.50. The van der Waals surface area contributed by atoms with Gasteiger partial charge in [-0.15, -0.1) is 0 Å². The number of ether oxygens (including phenoxy) is 1. The largest absolute Gasteiger partial charge is 0.497 e. The second-order valence-corrected chi connectivity index (χ2v) is 10.2. The molecule has 2 amide bonds. The smallest absolute Gasteiger partial charge is 0.271 e. The number of carbonyl (C=O) groups is 2. The molecule has 1 atom stereocenters. The van der Waals surface area contributed by atoms with E-state index in [-0.39, 0.29) is 17.9 Å². The number of nitrogens with one attached hydrogen (secondary N) is 1. The summed E-state index contributed by atoms with van der Waals surface area (Å²) in [6.45, 7) is 2.71. The number of para-hydroxylation sites is 1. The minimum atomic E-state index is -1.01. The van der Waals surface area contributed by atoms with E-state index in [9.17, 15) is 9.59 Å². The summed E-state index contributed by atoms with van der Waals surface area (Å²) in [4.78, 5) is 29.7. The summed E-state index contributed by atoms with van der Waals surface area (Å²) in [7, 11) is 1.64. The lowest BCUT2D eigenvalue weighted by molar-refractivity contribution is -0.134. The van der Waals surface area contributed by atoms with E-state index in [1.54, 1.807) is 12.0 Å². The molecule has 1 unspecified atom stereocenters. The highest BCUT2D eigenvalue weighted by Crippen LogP contribution is 2.34. The van der Waals surface area contributed by atoms with Gasteiger partial charge in [-0.05, 0) is 49.6 Å². The third-order valence-electron chi connectivity index (χ3n) is 7.77. The van der Waals surface area contributed by atoms with Crippen LogP contribution in [0.2, 0.25) is 0 Å². The minimum absolute atomic E-state index is 0.0617. The summed E-state index contributed by atoms with van der Waals surface area (Å²) in [5.74, 6) is 0.593. The number of fused-ring (bicyclic) bond motifs is 3. The molecular formula is C29H35N3O3. The topological polar surface area (TPSA) is 63.6 Å². The van der Waals surface area contributed by atoms with Crippen molar-refractivity contribution in [2.45, 2.75) is 76.5 Å². The zero-order chi connectivity index (χ0) is 24.4. The van der Waals surface area contributed by atoms with Crippen molar-refractivity contribution >= 4 is 22.7 Å². The lowest BCUT2D eigenvalue weighted by Gasteiger charge is -2.44. The predicted octanol–water partition coefficient (Wildman–Crippen LogP) is 5.29. The summed E-state index contributed by atoms with van der Waals surface area (Å²) in [6, 6.07) is 17.8. The van der Waals surface area contributed by atoms with Gasteiger partial charge in [0.15, 0.2) is 0 Å². The molecule has 1 N–H and O–H groups in total. The molecule has 1 aromatic heterocycles. The molecule has 0 bridgehead atoms. The number of nitrogens with zero attached hydrogens (tertiary/aromatic N) is 2. The first-order valence-corrected chi connectivity index (χ1v) is 12.8. The molecule has 2 aliphatic rings. The summed E-state index contributed by atoms with van der Waals surface area (Å²) < 4.78 is 7.32. The molecule has 6 heteroatoms.